The third-order valence-corrected chi connectivity index (χ3v) is 4.55. The number of carbonyl (C=O) groups excluding carboxylic acids is 1. The van der Waals surface area contributed by atoms with Gasteiger partial charge in [0.15, 0.2) is 0 Å². The van der Waals surface area contributed by atoms with Crippen LogP contribution in [0.2, 0.25) is 0 Å². The maximum Gasteiger partial charge on any atom is 0.221 e. The van der Waals surface area contributed by atoms with Crippen molar-refractivity contribution in [1.82, 2.24) is 0 Å². The first-order valence-corrected chi connectivity index (χ1v) is 9.93. The molecule has 0 unspecified atom stereocenters. The lowest BCUT2D eigenvalue weighted by atomic mass is 10.0. The number of anilines is 1. The van der Waals surface area contributed by atoms with Crippen molar-refractivity contribution in [3.05, 3.63) is 95.6 Å². The summed E-state index contributed by atoms with van der Waals surface area (Å²) < 4.78 is 11.7. The quantitative estimate of drug-likeness (QED) is 0.550. The monoisotopic (exact) mass is 405 g/mol. The summed E-state index contributed by atoms with van der Waals surface area (Å²) in [7, 11) is 0. The van der Waals surface area contributed by atoms with E-state index in [1.165, 1.54) is 12.5 Å². The van der Waals surface area contributed by atoms with Gasteiger partial charge in [-0.05, 0) is 42.3 Å². The Morgan fingerprint density at radius 2 is 1.53 bits per heavy atom. The lowest BCUT2D eigenvalue weighted by molar-refractivity contribution is -0.114. The summed E-state index contributed by atoms with van der Waals surface area (Å²) in [5.41, 5.74) is 3.95. The molecule has 0 aliphatic heterocycles. The van der Waals surface area contributed by atoms with Crippen molar-refractivity contribution >= 4 is 11.6 Å². The van der Waals surface area contributed by atoms with Gasteiger partial charge in [-0.25, -0.2) is 0 Å². The molecule has 0 aliphatic carbocycles. The van der Waals surface area contributed by atoms with Crippen LogP contribution in [0.4, 0.5) is 5.69 Å². The van der Waals surface area contributed by atoms with E-state index in [2.05, 4.69) is 17.4 Å². The Bertz CT molecular complexity index is 924. The summed E-state index contributed by atoms with van der Waals surface area (Å²) in [6.07, 6.45) is -1.05. The maximum atomic E-state index is 11.1. The lowest BCUT2D eigenvalue weighted by Crippen LogP contribution is -2.25. The number of ether oxygens (including phenoxy) is 2. The van der Waals surface area contributed by atoms with Crippen molar-refractivity contribution in [3.8, 4) is 5.75 Å². The molecule has 0 radical (unpaired) electrons. The molecule has 2 atom stereocenters. The number of rotatable bonds is 9. The van der Waals surface area contributed by atoms with E-state index in [0.29, 0.717) is 11.4 Å². The zero-order valence-electron chi connectivity index (χ0n) is 17.2. The predicted octanol–water partition coefficient (Wildman–Crippen LogP) is 4.50. The number of amides is 1. The Labute approximate surface area is 177 Å². The number of aliphatic hydroxyl groups is 1. The van der Waals surface area contributed by atoms with Gasteiger partial charge in [-0.15, -0.1) is 0 Å². The number of hydrogen-bond acceptors (Lipinski definition) is 4. The summed E-state index contributed by atoms with van der Waals surface area (Å²) in [6, 6.07) is 25.2. The van der Waals surface area contributed by atoms with Crippen LogP contribution in [0.3, 0.4) is 0 Å². The molecule has 0 saturated heterocycles. The molecule has 30 heavy (non-hydrogen) atoms. The van der Waals surface area contributed by atoms with Crippen LogP contribution in [0, 0.1) is 6.92 Å². The standard InChI is InChI=1S/C25H27NO4/c1-18-8-10-21(11-9-18)25(20-6-4-3-5-7-20)30-17-23(28)16-29-24-14-12-22(13-15-24)26-19(2)27/h3-15,23,25,28H,16-17H2,1-2H3,(H,26,27)/t23-,25-/m0/s1. The molecule has 0 saturated carbocycles. The van der Waals surface area contributed by atoms with Gasteiger partial charge in [0.05, 0.1) is 6.61 Å². The van der Waals surface area contributed by atoms with E-state index in [-0.39, 0.29) is 25.2 Å². The average molecular weight is 405 g/mol. The Morgan fingerprint density at radius 3 is 2.17 bits per heavy atom. The molecule has 5 heteroatoms. The van der Waals surface area contributed by atoms with Crippen LogP contribution in [0.1, 0.15) is 29.7 Å². The summed E-state index contributed by atoms with van der Waals surface area (Å²) in [5.74, 6) is 0.485. The molecule has 0 spiro atoms. The van der Waals surface area contributed by atoms with Crippen LogP contribution in [0.5, 0.6) is 5.75 Å². The van der Waals surface area contributed by atoms with E-state index in [1.54, 1.807) is 24.3 Å². The van der Waals surface area contributed by atoms with Crippen molar-refractivity contribution < 1.29 is 19.4 Å². The number of hydrogen-bond donors (Lipinski definition) is 2. The van der Waals surface area contributed by atoms with Crippen LogP contribution in [-0.4, -0.2) is 30.3 Å². The molecule has 3 rings (SSSR count). The molecule has 2 N–H and O–H groups in total. The van der Waals surface area contributed by atoms with E-state index >= 15 is 0 Å². The smallest absolute Gasteiger partial charge is 0.221 e. The fraction of sp³-hybridized carbons (Fsp3) is 0.240. The Balaban J connectivity index is 1.57. The van der Waals surface area contributed by atoms with Gasteiger partial charge in [0, 0.05) is 12.6 Å². The van der Waals surface area contributed by atoms with Crippen LogP contribution in [0.15, 0.2) is 78.9 Å². The van der Waals surface area contributed by atoms with Crippen LogP contribution < -0.4 is 10.1 Å². The molecule has 0 bridgehead atoms. The van der Waals surface area contributed by atoms with Crippen molar-refractivity contribution in [2.45, 2.75) is 26.1 Å². The van der Waals surface area contributed by atoms with Gasteiger partial charge in [-0.3, -0.25) is 4.79 Å². The van der Waals surface area contributed by atoms with Gasteiger partial charge in [-0.1, -0.05) is 60.2 Å². The molecule has 156 valence electrons. The van der Waals surface area contributed by atoms with Gasteiger partial charge in [0.2, 0.25) is 5.91 Å². The second kappa shape index (κ2) is 10.6. The number of aryl methyl sites for hydroxylation is 1. The lowest BCUT2D eigenvalue weighted by Gasteiger charge is -2.21. The minimum absolute atomic E-state index is 0.106. The Morgan fingerprint density at radius 1 is 0.900 bits per heavy atom. The molecule has 5 nitrogen and oxygen atoms in total. The fourth-order valence-electron chi connectivity index (χ4n) is 3.04. The highest BCUT2D eigenvalue weighted by Crippen LogP contribution is 2.26. The molecule has 0 aliphatic rings. The van der Waals surface area contributed by atoms with Crippen molar-refractivity contribution in [2.75, 3.05) is 18.5 Å². The molecule has 0 heterocycles. The topological polar surface area (TPSA) is 67.8 Å². The largest absolute Gasteiger partial charge is 0.491 e. The van der Waals surface area contributed by atoms with Crippen LogP contribution >= 0.6 is 0 Å². The van der Waals surface area contributed by atoms with Gasteiger partial charge in [0.1, 0.15) is 24.6 Å². The van der Waals surface area contributed by atoms with Gasteiger partial charge < -0.3 is 19.9 Å². The molecular formula is C25H27NO4. The van der Waals surface area contributed by atoms with E-state index in [0.717, 1.165) is 11.1 Å². The van der Waals surface area contributed by atoms with Crippen molar-refractivity contribution in [3.63, 3.8) is 0 Å². The predicted molar refractivity (Wildman–Crippen MR) is 118 cm³/mol. The maximum absolute atomic E-state index is 11.1. The molecular weight excluding hydrogens is 378 g/mol. The summed E-state index contributed by atoms with van der Waals surface area (Å²) in [5, 5.41) is 13.1. The summed E-state index contributed by atoms with van der Waals surface area (Å²) in [4.78, 5) is 11.1. The van der Waals surface area contributed by atoms with E-state index in [1.807, 2.05) is 49.4 Å². The summed E-state index contributed by atoms with van der Waals surface area (Å²) >= 11 is 0. The highest BCUT2D eigenvalue weighted by Gasteiger charge is 2.17. The van der Waals surface area contributed by atoms with Crippen molar-refractivity contribution in [2.24, 2.45) is 0 Å². The van der Waals surface area contributed by atoms with Crippen LogP contribution in [-0.2, 0) is 9.53 Å². The molecule has 1 amide bonds. The minimum atomic E-state index is -0.781. The SMILES string of the molecule is CC(=O)Nc1ccc(OC[C@H](O)CO[C@@H](c2ccccc2)c2ccc(C)cc2)cc1. The molecule has 3 aromatic carbocycles. The number of benzene rings is 3. The van der Waals surface area contributed by atoms with E-state index in [9.17, 15) is 9.90 Å². The Kier molecular flexibility index (Phi) is 7.60. The van der Waals surface area contributed by atoms with Gasteiger partial charge in [0.25, 0.3) is 0 Å². The van der Waals surface area contributed by atoms with Crippen LogP contribution in [0.25, 0.3) is 0 Å². The van der Waals surface area contributed by atoms with Gasteiger partial charge in [-0.2, -0.15) is 0 Å². The highest BCUT2D eigenvalue weighted by atomic mass is 16.5. The first-order chi connectivity index (χ1) is 14.5. The minimum Gasteiger partial charge on any atom is -0.491 e. The first-order valence-electron chi connectivity index (χ1n) is 9.93. The van der Waals surface area contributed by atoms with Crippen molar-refractivity contribution in [1.29, 1.82) is 0 Å². The molecule has 0 aromatic heterocycles. The highest BCUT2D eigenvalue weighted by molar-refractivity contribution is 5.88. The average Bonchev–Trinajstić information content (AvgIpc) is 2.75. The fourth-order valence-corrected chi connectivity index (χ4v) is 3.04. The third-order valence-electron chi connectivity index (χ3n) is 4.55. The van der Waals surface area contributed by atoms with Gasteiger partial charge >= 0.3 is 0 Å². The van der Waals surface area contributed by atoms with E-state index in [4.69, 9.17) is 9.47 Å². The zero-order valence-corrected chi connectivity index (χ0v) is 17.2. The molecule has 0 fully saturated rings. The van der Waals surface area contributed by atoms with E-state index < -0.39 is 6.10 Å². The normalized spacial score (nSPS) is 12.8. The number of aliphatic hydroxyl groups excluding tert-OH is 1. The third kappa shape index (κ3) is 6.44. The zero-order chi connectivity index (χ0) is 21.3. The summed E-state index contributed by atoms with van der Waals surface area (Å²) in [6.45, 7) is 3.75. The second-order valence-corrected chi connectivity index (χ2v) is 7.21. The molecule has 3 aromatic rings. The Hall–Kier alpha value is -3.15. The second-order valence-electron chi connectivity index (χ2n) is 7.21. The number of carbonyl (C=O) groups is 1. The first kappa shape index (κ1) is 21.6. The number of nitrogens with one attached hydrogen (secondary N) is 1.